The summed E-state index contributed by atoms with van der Waals surface area (Å²) in [6.07, 6.45) is 1.54. The average Bonchev–Trinajstić information content (AvgIpc) is 2.44. The third-order valence-corrected chi connectivity index (χ3v) is 3.20. The highest BCUT2D eigenvalue weighted by Gasteiger charge is 2.03. The molecular formula is C17H20N2O2. The number of nitrogens with two attached hydrogens (primary N) is 1. The second-order valence-corrected chi connectivity index (χ2v) is 5.17. The predicted octanol–water partition coefficient (Wildman–Crippen LogP) is 2.68. The molecule has 2 rings (SSSR count). The van der Waals surface area contributed by atoms with Crippen LogP contribution in [0.3, 0.4) is 0 Å². The molecule has 0 saturated heterocycles. The highest BCUT2D eigenvalue weighted by atomic mass is 16.3. The van der Waals surface area contributed by atoms with E-state index in [1.807, 2.05) is 36.4 Å². The summed E-state index contributed by atoms with van der Waals surface area (Å²) in [6.45, 7) is 1.77. The number of aliphatic hydroxyl groups excluding tert-OH is 1. The molecule has 1 unspecified atom stereocenters. The molecule has 4 nitrogen and oxygen atoms in total. The molecule has 4 heteroatoms. The fourth-order valence-corrected chi connectivity index (χ4v) is 2.17. The third-order valence-electron chi connectivity index (χ3n) is 3.20. The minimum atomic E-state index is -0.343. The number of carbonyl (C=O) groups is 1. The zero-order chi connectivity index (χ0) is 15.2. The smallest absolute Gasteiger partial charge is 0.124 e. The molecule has 0 aliphatic carbocycles. The molecule has 0 radical (unpaired) electrons. The van der Waals surface area contributed by atoms with Crippen LogP contribution in [0.5, 0.6) is 0 Å². The van der Waals surface area contributed by atoms with Crippen molar-refractivity contribution in [1.29, 1.82) is 0 Å². The fraction of sp³-hybridized carbons (Fsp3) is 0.235. The zero-order valence-electron chi connectivity index (χ0n) is 12.0. The Hall–Kier alpha value is -2.33. The second-order valence-electron chi connectivity index (χ2n) is 5.17. The van der Waals surface area contributed by atoms with Crippen molar-refractivity contribution in [2.45, 2.75) is 25.9 Å². The number of benzene rings is 2. The Morgan fingerprint density at radius 3 is 2.43 bits per heavy atom. The van der Waals surface area contributed by atoms with E-state index in [2.05, 4.69) is 5.32 Å². The number of aldehydes is 1. The maximum absolute atomic E-state index is 10.5. The summed E-state index contributed by atoms with van der Waals surface area (Å²) < 4.78 is 0. The molecular weight excluding hydrogens is 264 g/mol. The van der Waals surface area contributed by atoms with E-state index in [0.29, 0.717) is 18.5 Å². The molecule has 0 aliphatic rings. The van der Waals surface area contributed by atoms with Crippen LogP contribution in [0, 0.1) is 0 Å². The van der Waals surface area contributed by atoms with E-state index in [9.17, 15) is 9.90 Å². The molecule has 0 saturated carbocycles. The number of anilines is 3. The summed E-state index contributed by atoms with van der Waals surface area (Å²) in [4.78, 5) is 10.5. The lowest BCUT2D eigenvalue weighted by Gasteiger charge is -2.11. The molecule has 0 amide bonds. The van der Waals surface area contributed by atoms with Gasteiger partial charge in [0.05, 0.1) is 17.5 Å². The van der Waals surface area contributed by atoms with E-state index < -0.39 is 0 Å². The molecule has 0 aliphatic heterocycles. The topological polar surface area (TPSA) is 75.3 Å². The van der Waals surface area contributed by atoms with Crippen LogP contribution < -0.4 is 11.1 Å². The monoisotopic (exact) mass is 284 g/mol. The minimum Gasteiger partial charge on any atom is -0.397 e. The Kier molecular flexibility index (Phi) is 4.95. The van der Waals surface area contributed by atoms with Crippen LogP contribution in [0.15, 0.2) is 42.5 Å². The predicted molar refractivity (Wildman–Crippen MR) is 85.7 cm³/mol. The largest absolute Gasteiger partial charge is 0.397 e. The van der Waals surface area contributed by atoms with Crippen molar-refractivity contribution in [2.75, 3.05) is 11.1 Å². The van der Waals surface area contributed by atoms with Gasteiger partial charge in [-0.1, -0.05) is 18.2 Å². The van der Waals surface area contributed by atoms with Crippen LogP contribution in [0.1, 0.15) is 18.1 Å². The van der Waals surface area contributed by atoms with Gasteiger partial charge in [-0.3, -0.25) is 0 Å². The summed E-state index contributed by atoms with van der Waals surface area (Å²) in [5.74, 6) is 0. The summed E-state index contributed by atoms with van der Waals surface area (Å²) in [6, 6.07) is 13.4. The molecule has 4 N–H and O–H groups in total. The summed E-state index contributed by atoms with van der Waals surface area (Å²) >= 11 is 0. The van der Waals surface area contributed by atoms with Crippen LogP contribution in [0.25, 0.3) is 0 Å². The van der Waals surface area contributed by atoms with Gasteiger partial charge in [-0.15, -0.1) is 0 Å². The molecule has 110 valence electrons. The van der Waals surface area contributed by atoms with Gasteiger partial charge in [0.2, 0.25) is 0 Å². The normalized spacial score (nSPS) is 11.9. The minimum absolute atomic E-state index is 0.343. The summed E-state index contributed by atoms with van der Waals surface area (Å²) in [7, 11) is 0. The van der Waals surface area contributed by atoms with Crippen molar-refractivity contribution in [3.05, 3.63) is 53.6 Å². The van der Waals surface area contributed by atoms with E-state index in [1.54, 1.807) is 13.0 Å². The highest BCUT2D eigenvalue weighted by molar-refractivity contribution is 5.74. The third kappa shape index (κ3) is 4.33. The maximum Gasteiger partial charge on any atom is 0.124 e. The number of rotatable bonds is 6. The summed E-state index contributed by atoms with van der Waals surface area (Å²) in [5, 5.41) is 12.6. The van der Waals surface area contributed by atoms with Gasteiger partial charge in [-0.2, -0.15) is 0 Å². The number of nitrogen functional groups attached to an aromatic ring is 1. The molecule has 0 bridgehead atoms. The van der Waals surface area contributed by atoms with E-state index in [0.717, 1.165) is 28.8 Å². The average molecular weight is 284 g/mol. The number of aliphatic hydroxyl groups is 1. The first-order chi connectivity index (χ1) is 10.1. The molecule has 0 spiro atoms. The first kappa shape index (κ1) is 15.1. The van der Waals surface area contributed by atoms with E-state index in [1.165, 1.54) is 0 Å². The second kappa shape index (κ2) is 6.90. The van der Waals surface area contributed by atoms with Gasteiger partial charge in [0.25, 0.3) is 0 Å². The number of nitrogens with one attached hydrogen (secondary N) is 1. The van der Waals surface area contributed by atoms with Crippen molar-refractivity contribution in [3.8, 4) is 0 Å². The maximum atomic E-state index is 10.5. The van der Waals surface area contributed by atoms with Crippen LogP contribution >= 0.6 is 0 Å². The van der Waals surface area contributed by atoms with Gasteiger partial charge in [0.15, 0.2) is 0 Å². The van der Waals surface area contributed by atoms with E-state index in [-0.39, 0.29) is 6.10 Å². The first-order valence-corrected chi connectivity index (χ1v) is 6.94. The van der Waals surface area contributed by atoms with Crippen molar-refractivity contribution in [3.63, 3.8) is 0 Å². The molecule has 2 aromatic carbocycles. The van der Waals surface area contributed by atoms with Crippen molar-refractivity contribution < 1.29 is 9.90 Å². The Balaban J connectivity index is 2.09. The molecule has 0 heterocycles. The highest BCUT2D eigenvalue weighted by Crippen LogP contribution is 2.24. The van der Waals surface area contributed by atoms with E-state index >= 15 is 0 Å². The van der Waals surface area contributed by atoms with Gasteiger partial charge in [0, 0.05) is 12.1 Å². The summed E-state index contributed by atoms with van der Waals surface area (Å²) in [5.41, 5.74) is 10.3. The van der Waals surface area contributed by atoms with Crippen molar-refractivity contribution in [1.82, 2.24) is 0 Å². The van der Waals surface area contributed by atoms with E-state index in [4.69, 9.17) is 5.73 Å². The van der Waals surface area contributed by atoms with Gasteiger partial charge >= 0.3 is 0 Å². The number of hydrogen-bond donors (Lipinski definition) is 3. The molecule has 1 atom stereocenters. The quantitative estimate of drug-likeness (QED) is 0.563. The standard InChI is InChI=1S/C17H20N2O2/c1-12(21)10-13-2-5-15(6-3-13)19-17-7-4-14(8-9-20)11-16(17)18/h2-7,9,11-12,19,21H,8,10,18H2,1H3. The first-order valence-electron chi connectivity index (χ1n) is 6.94. The van der Waals surface area contributed by atoms with Gasteiger partial charge in [-0.25, -0.2) is 0 Å². The number of carbonyl (C=O) groups excluding carboxylic acids is 1. The lowest BCUT2D eigenvalue weighted by molar-refractivity contribution is -0.107. The van der Waals surface area contributed by atoms with Crippen LogP contribution in [-0.4, -0.2) is 17.5 Å². The van der Waals surface area contributed by atoms with Gasteiger partial charge < -0.3 is 21.0 Å². The Bertz CT molecular complexity index is 607. The lowest BCUT2D eigenvalue weighted by Crippen LogP contribution is -2.04. The molecule has 0 aromatic heterocycles. The number of hydrogen-bond acceptors (Lipinski definition) is 4. The van der Waals surface area contributed by atoms with Crippen molar-refractivity contribution in [2.24, 2.45) is 0 Å². The van der Waals surface area contributed by atoms with Crippen molar-refractivity contribution >= 4 is 23.3 Å². The Labute approximate surface area is 124 Å². The molecule has 2 aromatic rings. The van der Waals surface area contributed by atoms with Crippen LogP contribution in [0.2, 0.25) is 0 Å². The molecule has 0 fully saturated rings. The van der Waals surface area contributed by atoms with Crippen LogP contribution in [-0.2, 0) is 17.6 Å². The van der Waals surface area contributed by atoms with Gasteiger partial charge in [0.1, 0.15) is 6.29 Å². The zero-order valence-corrected chi connectivity index (χ0v) is 12.0. The fourth-order valence-electron chi connectivity index (χ4n) is 2.17. The Morgan fingerprint density at radius 1 is 1.19 bits per heavy atom. The lowest BCUT2D eigenvalue weighted by atomic mass is 10.1. The van der Waals surface area contributed by atoms with Gasteiger partial charge in [-0.05, 0) is 48.7 Å². The van der Waals surface area contributed by atoms with Crippen LogP contribution in [0.4, 0.5) is 17.1 Å². The Morgan fingerprint density at radius 2 is 1.86 bits per heavy atom. The SMILES string of the molecule is CC(O)Cc1ccc(Nc2ccc(CC=O)cc2N)cc1. The molecule has 21 heavy (non-hydrogen) atoms.